The van der Waals surface area contributed by atoms with E-state index in [1.807, 2.05) is 18.2 Å². The first kappa shape index (κ1) is 9.07. The summed E-state index contributed by atoms with van der Waals surface area (Å²) in [6, 6.07) is 8.03. The Morgan fingerprint density at radius 2 is 2.17 bits per heavy atom. The third-order valence-corrected chi connectivity index (χ3v) is 1.65. The fourth-order valence-corrected chi connectivity index (χ4v) is 0.982. The number of rotatable bonds is 4. The summed E-state index contributed by atoms with van der Waals surface area (Å²) in [7, 11) is 1.61. The van der Waals surface area contributed by atoms with Crippen molar-refractivity contribution >= 4 is 0 Å². The molecule has 0 bridgehead atoms. The number of methoxy groups -OCH3 is 1. The molecule has 0 N–H and O–H groups in total. The van der Waals surface area contributed by atoms with Crippen molar-refractivity contribution in [1.82, 2.24) is 0 Å². The lowest BCUT2D eigenvalue weighted by atomic mass is 10.2. The minimum atomic E-state index is 0.313. The van der Waals surface area contributed by atoms with Crippen molar-refractivity contribution in [3.8, 4) is 5.75 Å². The Morgan fingerprint density at radius 1 is 1.33 bits per heavy atom. The van der Waals surface area contributed by atoms with E-state index in [0.717, 1.165) is 12.2 Å². The van der Waals surface area contributed by atoms with Crippen LogP contribution in [0.1, 0.15) is 12.5 Å². The lowest BCUT2D eigenvalue weighted by Gasteiger charge is -2.05. The van der Waals surface area contributed by atoms with Gasteiger partial charge in [-0.1, -0.05) is 19.1 Å². The van der Waals surface area contributed by atoms with Gasteiger partial charge in [-0.15, -0.1) is 0 Å². The zero-order valence-electron chi connectivity index (χ0n) is 7.54. The summed E-state index contributed by atoms with van der Waals surface area (Å²) in [6.07, 6.45) is 1.03. The van der Waals surface area contributed by atoms with Gasteiger partial charge < -0.3 is 9.47 Å². The van der Waals surface area contributed by atoms with Crippen molar-refractivity contribution in [1.29, 1.82) is 0 Å². The molecule has 2 heteroatoms. The van der Waals surface area contributed by atoms with Crippen LogP contribution in [0.4, 0.5) is 0 Å². The van der Waals surface area contributed by atoms with Gasteiger partial charge >= 0.3 is 0 Å². The van der Waals surface area contributed by atoms with Crippen LogP contribution in [-0.4, -0.2) is 13.9 Å². The van der Waals surface area contributed by atoms with Crippen LogP contribution in [0.5, 0.6) is 5.75 Å². The van der Waals surface area contributed by atoms with Gasteiger partial charge in [-0.2, -0.15) is 0 Å². The van der Waals surface area contributed by atoms with Gasteiger partial charge in [0.1, 0.15) is 5.75 Å². The summed E-state index contributed by atoms with van der Waals surface area (Å²) in [6.45, 7) is 2.43. The minimum absolute atomic E-state index is 0.313. The average molecular weight is 166 g/mol. The molecule has 0 aliphatic rings. The predicted molar refractivity (Wildman–Crippen MR) is 48.3 cm³/mol. The van der Waals surface area contributed by atoms with E-state index in [4.69, 9.17) is 9.47 Å². The highest BCUT2D eigenvalue weighted by Gasteiger charge is 1.93. The van der Waals surface area contributed by atoms with E-state index < -0.39 is 0 Å². The quantitative estimate of drug-likeness (QED) is 0.638. The van der Waals surface area contributed by atoms with Crippen molar-refractivity contribution < 1.29 is 9.47 Å². The maximum absolute atomic E-state index is 5.28. The topological polar surface area (TPSA) is 18.5 Å². The summed E-state index contributed by atoms with van der Waals surface area (Å²) >= 11 is 0. The van der Waals surface area contributed by atoms with Gasteiger partial charge in [-0.3, -0.25) is 0 Å². The highest BCUT2D eigenvalue weighted by molar-refractivity contribution is 5.28. The van der Waals surface area contributed by atoms with Gasteiger partial charge in [0.25, 0.3) is 0 Å². The highest BCUT2D eigenvalue weighted by atomic mass is 16.7. The van der Waals surface area contributed by atoms with E-state index in [-0.39, 0.29) is 0 Å². The Kier molecular flexibility index (Phi) is 3.61. The number of benzene rings is 1. The van der Waals surface area contributed by atoms with Crippen LogP contribution in [0.25, 0.3) is 0 Å². The van der Waals surface area contributed by atoms with Crippen LogP contribution in [0, 0.1) is 0 Å². The fraction of sp³-hybridized carbons (Fsp3) is 0.400. The molecule has 66 valence electrons. The summed E-state index contributed by atoms with van der Waals surface area (Å²) in [5.74, 6) is 0.871. The Balaban J connectivity index is 2.60. The Bertz CT molecular complexity index is 233. The van der Waals surface area contributed by atoms with Crippen LogP contribution in [0.15, 0.2) is 24.3 Å². The van der Waals surface area contributed by atoms with Crippen LogP contribution >= 0.6 is 0 Å². The van der Waals surface area contributed by atoms with E-state index in [9.17, 15) is 0 Å². The van der Waals surface area contributed by atoms with E-state index in [2.05, 4.69) is 13.0 Å². The van der Waals surface area contributed by atoms with E-state index in [1.165, 1.54) is 5.56 Å². The molecule has 1 rings (SSSR count). The summed E-state index contributed by atoms with van der Waals surface area (Å²) in [5.41, 5.74) is 1.28. The van der Waals surface area contributed by atoms with Crippen molar-refractivity contribution in [3.63, 3.8) is 0 Å². The molecule has 0 amide bonds. The molecule has 0 heterocycles. The normalized spacial score (nSPS) is 9.83. The molecule has 0 aromatic heterocycles. The predicted octanol–water partition coefficient (Wildman–Crippen LogP) is 2.23. The third-order valence-electron chi connectivity index (χ3n) is 1.65. The van der Waals surface area contributed by atoms with Crippen LogP contribution in [0.3, 0.4) is 0 Å². The second kappa shape index (κ2) is 4.78. The molecule has 12 heavy (non-hydrogen) atoms. The second-order valence-electron chi connectivity index (χ2n) is 2.55. The lowest BCUT2D eigenvalue weighted by molar-refractivity contribution is 0.0511. The first-order valence-electron chi connectivity index (χ1n) is 4.07. The minimum Gasteiger partial charge on any atom is -0.468 e. The highest BCUT2D eigenvalue weighted by Crippen LogP contribution is 2.13. The van der Waals surface area contributed by atoms with Gasteiger partial charge in [0.2, 0.25) is 0 Å². The van der Waals surface area contributed by atoms with Crippen LogP contribution in [0.2, 0.25) is 0 Å². The number of hydrogen-bond acceptors (Lipinski definition) is 2. The van der Waals surface area contributed by atoms with Crippen molar-refractivity contribution in [2.24, 2.45) is 0 Å². The number of aryl methyl sites for hydroxylation is 1. The van der Waals surface area contributed by atoms with Gasteiger partial charge in [0.05, 0.1) is 0 Å². The van der Waals surface area contributed by atoms with Gasteiger partial charge in [0.15, 0.2) is 6.79 Å². The molecule has 1 aromatic carbocycles. The Morgan fingerprint density at radius 3 is 2.83 bits per heavy atom. The SMILES string of the molecule is CCc1cccc(OCOC)c1. The Hall–Kier alpha value is -1.02. The molecule has 0 saturated heterocycles. The number of ether oxygens (including phenoxy) is 2. The molecule has 2 nitrogen and oxygen atoms in total. The zero-order chi connectivity index (χ0) is 8.81. The smallest absolute Gasteiger partial charge is 0.188 e. The van der Waals surface area contributed by atoms with Crippen molar-refractivity contribution in [2.75, 3.05) is 13.9 Å². The summed E-state index contributed by atoms with van der Waals surface area (Å²) in [5, 5.41) is 0. The maximum Gasteiger partial charge on any atom is 0.188 e. The van der Waals surface area contributed by atoms with E-state index in [1.54, 1.807) is 7.11 Å². The first-order chi connectivity index (χ1) is 5.86. The zero-order valence-corrected chi connectivity index (χ0v) is 7.54. The van der Waals surface area contributed by atoms with Gasteiger partial charge in [0, 0.05) is 7.11 Å². The van der Waals surface area contributed by atoms with Gasteiger partial charge in [-0.05, 0) is 24.1 Å². The molecular formula is C10H14O2. The third kappa shape index (κ3) is 2.55. The molecule has 0 aliphatic carbocycles. The maximum atomic E-state index is 5.28. The van der Waals surface area contributed by atoms with Crippen molar-refractivity contribution in [3.05, 3.63) is 29.8 Å². The lowest BCUT2D eigenvalue weighted by Crippen LogP contribution is -1.98. The fourth-order valence-electron chi connectivity index (χ4n) is 0.982. The van der Waals surface area contributed by atoms with Crippen LogP contribution < -0.4 is 4.74 Å². The standard InChI is InChI=1S/C10H14O2/c1-3-9-5-4-6-10(7-9)12-8-11-2/h4-7H,3,8H2,1-2H3. The molecule has 0 fully saturated rings. The van der Waals surface area contributed by atoms with Crippen LogP contribution in [-0.2, 0) is 11.2 Å². The molecule has 0 saturated carbocycles. The second-order valence-corrected chi connectivity index (χ2v) is 2.55. The molecule has 0 spiro atoms. The number of hydrogen-bond donors (Lipinski definition) is 0. The van der Waals surface area contributed by atoms with E-state index >= 15 is 0 Å². The molecule has 0 unspecified atom stereocenters. The molecule has 0 radical (unpaired) electrons. The summed E-state index contributed by atoms with van der Waals surface area (Å²) in [4.78, 5) is 0. The largest absolute Gasteiger partial charge is 0.468 e. The summed E-state index contributed by atoms with van der Waals surface area (Å²) < 4.78 is 10.1. The average Bonchev–Trinajstić information content (AvgIpc) is 2.15. The monoisotopic (exact) mass is 166 g/mol. The van der Waals surface area contributed by atoms with E-state index in [0.29, 0.717) is 6.79 Å². The Labute approximate surface area is 73.1 Å². The molecule has 0 atom stereocenters. The first-order valence-corrected chi connectivity index (χ1v) is 4.07. The molecule has 0 aliphatic heterocycles. The van der Waals surface area contributed by atoms with Gasteiger partial charge in [-0.25, -0.2) is 0 Å². The van der Waals surface area contributed by atoms with Crippen molar-refractivity contribution in [2.45, 2.75) is 13.3 Å². The molecule has 1 aromatic rings. The molecular weight excluding hydrogens is 152 g/mol.